The molecule has 2 N–H and O–H groups in total. The highest BCUT2D eigenvalue weighted by Crippen LogP contribution is 2.24. The zero-order valence-corrected chi connectivity index (χ0v) is 23.8. The van der Waals surface area contributed by atoms with E-state index >= 15 is 0 Å². The van der Waals surface area contributed by atoms with Gasteiger partial charge in [0, 0.05) is 36.1 Å². The van der Waals surface area contributed by atoms with Crippen molar-refractivity contribution in [2.75, 3.05) is 13.1 Å². The molecule has 0 radical (unpaired) electrons. The van der Waals surface area contributed by atoms with Crippen molar-refractivity contribution in [3.8, 4) is 11.9 Å². The first-order valence-electron chi connectivity index (χ1n) is 14.3. The van der Waals surface area contributed by atoms with Gasteiger partial charge in [0.15, 0.2) is 0 Å². The molecular weight excluding hydrogens is 547 g/mol. The lowest BCUT2D eigenvalue weighted by Gasteiger charge is -2.29. The number of hydrogen-bond donors (Lipinski definition) is 2. The average molecular weight is 579 g/mol. The van der Waals surface area contributed by atoms with Crippen molar-refractivity contribution >= 4 is 27.9 Å². The van der Waals surface area contributed by atoms with Gasteiger partial charge in [0.1, 0.15) is 18.2 Å². The molecule has 0 spiro atoms. The largest absolute Gasteiger partial charge is 0.478 e. The van der Waals surface area contributed by atoms with E-state index in [0.29, 0.717) is 30.6 Å². The summed E-state index contributed by atoms with van der Waals surface area (Å²) >= 11 is 0. The predicted octanol–water partition coefficient (Wildman–Crippen LogP) is 5.26. The van der Waals surface area contributed by atoms with E-state index in [-0.39, 0.29) is 17.7 Å². The van der Waals surface area contributed by atoms with Gasteiger partial charge in [0.2, 0.25) is 5.88 Å². The molecule has 10 heteroatoms. The molecule has 2 aromatic heterocycles. The summed E-state index contributed by atoms with van der Waals surface area (Å²) in [6, 6.07) is 21.5. The fourth-order valence-electron chi connectivity index (χ4n) is 5.30. The third kappa shape index (κ3) is 6.18. The van der Waals surface area contributed by atoms with Crippen LogP contribution in [0.5, 0.6) is 5.88 Å². The molecule has 5 aromatic rings. The Morgan fingerprint density at radius 3 is 2.67 bits per heavy atom. The van der Waals surface area contributed by atoms with Crippen molar-refractivity contribution in [2.24, 2.45) is 0 Å². The minimum atomic E-state index is -0.951. The zero-order chi connectivity index (χ0) is 29.9. The van der Waals surface area contributed by atoms with Gasteiger partial charge in [0.25, 0.3) is 0 Å². The van der Waals surface area contributed by atoms with Crippen LogP contribution in [0.2, 0.25) is 0 Å². The van der Waals surface area contributed by atoms with Gasteiger partial charge in [-0.25, -0.2) is 19.2 Å². The Morgan fingerprint density at radius 2 is 1.95 bits per heavy atom. The number of aromatic carboxylic acids is 1. The quantitative estimate of drug-likeness (QED) is 0.218. The van der Waals surface area contributed by atoms with Crippen molar-refractivity contribution in [2.45, 2.75) is 45.6 Å². The highest BCUT2D eigenvalue weighted by atomic mass is 19.1. The lowest BCUT2D eigenvalue weighted by atomic mass is 10.1. The Morgan fingerprint density at radius 1 is 1.12 bits per heavy atom. The lowest BCUT2D eigenvalue weighted by Crippen LogP contribution is -2.45. The van der Waals surface area contributed by atoms with Crippen LogP contribution in [0.4, 0.5) is 4.39 Å². The summed E-state index contributed by atoms with van der Waals surface area (Å²) < 4.78 is 22.2. The Hall–Kier alpha value is -4.85. The van der Waals surface area contributed by atoms with Gasteiger partial charge in [-0.1, -0.05) is 25.1 Å². The van der Waals surface area contributed by atoms with Crippen molar-refractivity contribution in [1.82, 2.24) is 24.8 Å². The fraction of sp³-hybridized carbons (Fsp3) is 0.273. The van der Waals surface area contributed by atoms with Gasteiger partial charge in [-0.15, -0.1) is 0 Å². The van der Waals surface area contributed by atoms with E-state index in [1.54, 1.807) is 36.4 Å². The summed E-state index contributed by atoms with van der Waals surface area (Å²) in [6.07, 6.45) is 1.08. The Kier molecular flexibility index (Phi) is 8.01. The number of carbonyl (C=O) groups is 1. The molecule has 0 unspecified atom stereocenters. The molecule has 0 aliphatic carbocycles. The molecule has 1 aliphatic heterocycles. The van der Waals surface area contributed by atoms with Gasteiger partial charge < -0.3 is 19.7 Å². The van der Waals surface area contributed by atoms with Gasteiger partial charge in [-0.3, -0.25) is 4.90 Å². The molecule has 3 heterocycles. The standard InChI is InChI=1S/C33H31FN6O3/c1-2-39(19-31-37-28-9-7-24(33(41)42)15-30(28)40(31)18-26-11-12-36-26)17-22-4-5-23-8-10-32(38-29(23)14-22)43-20-25-6-3-21(16-35)13-27(25)34/h3-10,13-15,26,36H,2,11-12,17-20H2,1H3,(H,41,42)/t26-/m0/s1. The maximum atomic E-state index is 14.3. The number of nitrogens with zero attached hydrogens (tertiary/aromatic N) is 5. The second kappa shape index (κ2) is 12.2. The van der Waals surface area contributed by atoms with Crippen LogP contribution in [0.1, 0.15) is 46.2 Å². The van der Waals surface area contributed by atoms with Crippen LogP contribution < -0.4 is 10.1 Å². The number of ether oxygens (including phenoxy) is 1. The topological polar surface area (TPSA) is 116 Å². The summed E-state index contributed by atoms with van der Waals surface area (Å²) in [6.45, 7) is 5.90. The first-order valence-corrected chi connectivity index (χ1v) is 14.3. The third-order valence-electron chi connectivity index (χ3n) is 7.91. The first kappa shape index (κ1) is 28.3. The number of halogens is 1. The van der Waals surface area contributed by atoms with Gasteiger partial charge in [-0.05, 0) is 67.5 Å². The van der Waals surface area contributed by atoms with Gasteiger partial charge in [-0.2, -0.15) is 5.26 Å². The monoisotopic (exact) mass is 578 g/mol. The number of hydrogen-bond acceptors (Lipinski definition) is 7. The van der Waals surface area contributed by atoms with E-state index in [1.165, 1.54) is 6.07 Å². The Bertz CT molecular complexity index is 1860. The van der Waals surface area contributed by atoms with Crippen LogP contribution in [0.25, 0.3) is 21.9 Å². The number of carboxylic acids is 1. The normalized spacial score (nSPS) is 14.6. The highest BCUT2D eigenvalue weighted by Gasteiger charge is 2.22. The lowest BCUT2D eigenvalue weighted by molar-refractivity contribution is 0.0697. The number of carboxylic acid groups (broad SMARTS) is 1. The van der Waals surface area contributed by atoms with Crippen LogP contribution in [-0.2, 0) is 26.2 Å². The van der Waals surface area contributed by atoms with Crippen molar-refractivity contribution in [3.63, 3.8) is 0 Å². The Labute approximate surface area is 248 Å². The number of nitriles is 1. The molecule has 1 atom stereocenters. The minimum Gasteiger partial charge on any atom is -0.478 e. The molecule has 43 heavy (non-hydrogen) atoms. The molecule has 1 fully saturated rings. The van der Waals surface area contributed by atoms with Crippen molar-refractivity contribution in [1.29, 1.82) is 5.26 Å². The number of benzene rings is 3. The maximum absolute atomic E-state index is 14.3. The second-order valence-electron chi connectivity index (χ2n) is 10.8. The molecule has 0 amide bonds. The second-order valence-corrected chi connectivity index (χ2v) is 10.8. The van der Waals surface area contributed by atoms with Gasteiger partial charge in [0.05, 0.1) is 40.3 Å². The van der Waals surface area contributed by atoms with E-state index in [1.807, 2.05) is 24.3 Å². The smallest absolute Gasteiger partial charge is 0.335 e. The molecule has 1 saturated heterocycles. The van der Waals surface area contributed by atoms with Crippen molar-refractivity contribution < 1.29 is 19.0 Å². The predicted molar refractivity (Wildman–Crippen MR) is 160 cm³/mol. The molecular formula is C33H31FN6O3. The SMILES string of the molecule is CCN(Cc1ccc2ccc(OCc3ccc(C#N)cc3F)nc2c1)Cc1nc2ccc(C(=O)O)cc2n1C[C@@H]1CCN1. The number of fused-ring (bicyclic) bond motifs is 2. The summed E-state index contributed by atoms with van der Waals surface area (Å²) in [7, 11) is 0. The molecule has 1 aliphatic rings. The molecule has 6 rings (SSSR count). The number of rotatable bonds is 11. The summed E-state index contributed by atoms with van der Waals surface area (Å²) in [5.74, 6) is -0.146. The van der Waals surface area contributed by atoms with Gasteiger partial charge >= 0.3 is 5.97 Å². The molecule has 218 valence electrons. The first-order chi connectivity index (χ1) is 20.9. The van der Waals surface area contributed by atoms with Crippen LogP contribution >= 0.6 is 0 Å². The van der Waals surface area contributed by atoms with Crippen LogP contribution in [0.3, 0.4) is 0 Å². The summed E-state index contributed by atoms with van der Waals surface area (Å²) in [4.78, 5) is 23.5. The van der Waals surface area contributed by atoms with Crippen LogP contribution in [0.15, 0.2) is 66.7 Å². The van der Waals surface area contributed by atoms with E-state index < -0.39 is 11.8 Å². The van der Waals surface area contributed by atoms with E-state index in [4.69, 9.17) is 15.0 Å². The Balaban J connectivity index is 1.20. The fourth-order valence-corrected chi connectivity index (χ4v) is 5.30. The van der Waals surface area contributed by atoms with E-state index in [2.05, 4.69) is 32.8 Å². The zero-order valence-electron chi connectivity index (χ0n) is 23.8. The van der Waals surface area contributed by atoms with E-state index in [0.717, 1.165) is 59.4 Å². The molecule has 9 nitrogen and oxygen atoms in total. The van der Waals surface area contributed by atoms with Crippen LogP contribution in [0, 0.1) is 17.1 Å². The third-order valence-corrected chi connectivity index (χ3v) is 7.91. The molecule has 3 aromatic carbocycles. The number of aromatic nitrogens is 3. The summed E-state index contributed by atoms with van der Waals surface area (Å²) in [5.41, 5.74) is 4.35. The minimum absolute atomic E-state index is 0.00465. The molecule has 0 saturated carbocycles. The number of imidazole rings is 1. The highest BCUT2D eigenvalue weighted by molar-refractivity contribution is 5.92. The maximum Gasteiger partial charge on any atom is 0.335 e. The summed E-state index contributed by atoms with van der Waals surface area (Å²) in [5, 5.41) is 22.9. The number of pyridine rings is 1. The molecule has 0 bridgehead atoms. The van der Waals surface area contributed by atoms with Crippen molar-refractivity contribution in [3.05, 3.63) is 101 Å². The number of nitrogens with one attached hydrogen (secondary N) is 1. The van der Waals surface area contributed by atoms with Crippen LogP contribution in [-0.4, -0.2) is 49.6 Å². The van der Waals surface area contributed by atoms with E-state index in [9.17, 15) is 14.3 Å². The average Bonchev–Trinajstić information content (AvgIpc) is 3.33.